The van der Waals surface area contributed by atoms with Gasteiger partial charge in [-0.2, -0.15) is 0 Å². The van der Waals surface area contributed by atoms with Crippen molar-refractivity contribution in [2.24, 2.45) is 0 Å². The zero-order chi connectivity index (χ0) is 16.0. The van der Waals surface area contributed by atoms with Gasteiger partial charge in [-0.05, 0) is 12.1 Å². The Morgan fingerprint density at radius 3 is 1.05 bits per heavy atom. The molecule has 1 rings (SSSR count). The summed E-state index contributed by atoms with van der Waals surface area (Å²) in [4.78, 5) is 0. The molecule has 0 fully saturated rings. The van der Waals surface area contributed by atoms with E-state index in [1.54, 1.807) is 0 Å². The second kappa shape index (κ2) is 8.14. The highest BCUT2D eigenvalue weighted by Gasteiger charge is 2.15. The molecule has 1 aromatic carbocycles. The molecule has 3 nitrogen and oxygen atoms in total. The second-order valence-electron chi connectivity index (χ2n) is 7.64. The van der Waals surface area contributed by atoms with Gasteiger partial charge in [-0.15, -0.1) is 0 Å². The van der Waals surface area contributed by atoms with Gasteiger partial charge in [-0.25, -0.2) is 0 Å². The largest absolute Gasteiger partial charge is 0.631 e. The van der Waals surface area contributed by atoms with E-state index < -0.39 is 23.5 Å². The lowest BCUT2D eigenvalue weighted by Crippen LogP contribution is -2.25. The van der Waals surface area contributed by atoms with Crippen LogP contribution in [0.3, 0.4) is 0 Å². The molecule has 20 heavy (non-hydrogen) atoms. The van der Waals surface area contributed by atoms with Gasteiger partial charge in [0.2, 0.25) is 0 Å². The summed E-state index contributed by atoms with van der Waals surface area (Å²) in [5.41, 5.74) is 3.05. The third kappa shape index (κ3) is 12.6. The summed E-state index contributed by atoms with van der Waals surface area (Å²) in [5, 5.41) is 21.5. The number of hydrogen-bond donors (Lipinski definition) is 3. The van der Waals surface area contributed by atoms with Crippen molar-refractivity contribution in [2.75, 3.05) is 0 Å². The zero-order valence-electron chi connectivity index (χ0n) is 13.6. The van der Waals surface area contributed by atoms with Crippen LogP contribution < -0.4 is 0 Å². The van der Waals surface area contributed by atoms with E-state index in [2.05, 4.69) is 63.5 Å². The minimum atomic E-state index is -2.17. The maximum atomic E-state index is 7.17. The molecule has 0 heterocycles. The monoisotopic (exact) mass is 312 g/mol. The summed E-state index contributed by atoms with van der Waals surface area (Å²) in [7, 11) is -4.07. The standard InChI is InChI=1S/C14H26Si2.BH3O3/c1-15(2,3)11-13-7-9-14(10-8-13)12-16(4,5)6;2-1(3)4/h7-10H,11-12H2,1-6H3;2-4H. The van der Waals surface area contributed by atoms with Gasteiger partial charge in [-0.3, -0.25) is 0 Å². The molecule has 0 radical (unpaired) electrons. The highest BCUT2D eigenvalue weighted by molar-refractivity contribution is 6.75. The van der Waals surface area contributed by atoms with Crippen LogP contribution in [0.5, 0.6) is 0 Å². The lowest BCUT2D eigenvalue weighted by molar-refractivity contribution is 0.278. The molecule has 0 saturated heterocycles. The van der Waals surface area contributed by atoms with E-state index in [4.69, 9.17) is 15.1 Å². The smallest absolute Gasteiger partial charge is 0.402 e. The van der Waals surface area contributed by atoms with Crippen molar-refractivity contribution >= 4 is 23.5 Å². The van der Waals surface area contributed by atoms with E-state index in [1.165, 1.54) is 23.2 Å². The quantitative estimate of drug-likeness (QED) is 0.749. The minimum Gasteiger partial charge on any atom is -0.402 e. The molecule has 0 bridgehead atoms. The summed E-state index contributed by atoms with van der Waals surface area (Å²) >= 11 is 0. The van der Waals surface area contributed by atoms with Crippen molar-refractivity contribution in [1.82, 2.24) is 0 Å². The van der Waals surface area contributed by atoms with Crippen molar-refractivity contribution in [3.63, 3.8) is 0 Å². The molecule has 0 amide bonds. The molecule has 114 valence electrons. The maximum Gasteiger partial charge on any atom is 0.631 e. The van der Waals surface area contributed by atoms with Crippen LogP contribution in [0.4, 0.5) is 0 Å². The Labute approximate surface area is 125 Å². The Balaban J connectivity index is 0.000000796. The van der Waals surface area contributed by atoms with Crippen molar-refractivity contribution in [3.8, 4) is 0 Å². The third-order valence-corrected chi connectivity index (χ3v) is 5.43. The van der Waals surface area contributed by atoms with E-state index in [0.717, 1.165) is 0 Å². The fourth-order valence-electron chi connectivity index (χ4n) is 2.00. The fourth-order valence-corrected chi connectivity index (χ4v) is 4.92. The van der Waals surface area contributed by atoms with Gasteiger partial charge in [0, 0.05) is 16.1 Å². The van der Waals surface area contributed by atoms with E-state index in [-0.39, 0.29) is 0 Å². The van der Waals surface area contributed by atoms with Crippen LogP contribution in [-0.2, 0) is 12.1 Å². The summed E-state index contributed by atoms with van der Waals surface area (Å²) in [6, 6.07) is 12.0. The van der Waals surface area contributed by atoms with Gasteiger partial charge in [-0.1, -0.05) is 74.7 Å². The lowest BCUT2D eigenvalue weighted by atomic mass is 10.2. The summed E-state index contributed by atoms with van der Waals surface area (Å²) in [6.45, 7) is 14.6. The number of rotatable bonds is 4. The van der Waals surface area contributed by atoms with E-state index in [0.29, 0.717) is 0 Å². The predicted octanol–water partition coefficient (Wildman–Crippen LogP) is 2.47. The molecule has 0 aliphatic carbocycles. The van der Waals surface area contributed by atoms with Crippen LogP contribution in [0, 0.1) is 0 Å². The van der Waals surface area contributed by atoms with Crippen LogP contribution in [0.1, 0.15) is 11.1 Å². The van der Waals surface area contributed by atoms with Crippen molar-refractivity contribution in [1.29, 1.82) is 0 Å². The molecule has 0 atom stereocenters. The van der Waals surface area contributed by atoms with Crippen molar-refractivity contribution in [3.05, 3.63) is 35.4 Å². The molecular formula is C14H29BO3Si2. The van der Waals surface area contributed by atoms with Crippen LogP contribution in [0.2, 0.25) is 39.3 Å². The maximum absolute atomic E-state index is 7.17. The Morgan fingerprint density at radius 1 is 0.700 bits per heavy atom. The molecule has 0 aliphatic rings. The van der Waals surface area contributed by atoms with Crippen LogP contribution >= 0.6 is 0 Å². The van der Waals surface area contributed by atoms with Gasteiger partial charge < -0.3 is 15.1 Å². The summed E-state index contributed by atoms with van der Waals surface area (Å²) in [5.74, 6) is 0. The Bertz CT molecular complexity index is 343. The SMILES string of the molecule is C[Si](C)(C)Cc1ccc(C[Si](C)(C)C)cc1.OB(O)O. The minimum absolute atomic E-state index is 0.954. The highest BCUT2D eigenvalue weighted by atomic mass is 28.3. The molecule has 0 aromatic heterocycles. The Hall–Kier alpha value is -0.401. The van der Waals surface area contributed by atoms with Crippen molar-refractivity contribution in [2.45, 2.75) is 51.4 Å². The first-order valence-corrected chi connectivity index (χ1v) is 14.4. The van der Waals surface area contributed by atoms with Gasteiger partial charge in [0.1, 0.15) is 0 Å². The van der Waals surface area contributed by atoms with Gasteiger partial charge in [0.05, 0.1) is 0 Å². The average molecular weight is 312 g/mol. The first-order chi connectivity index (χ1) is 8.89. The Morgan fingerprint density at radius 2 is 0.900 bits per heavy atom. The zero-order valence-corrected chi connectivity index (χ0v) is 15.6. The normalized spacial score (nSPS) is 11.7. The molecule has 0 saturated carbocycles. The number of hydrogen-bond acceptors (Lipinski definition) is 3. The van der Waals surface area contributed by atoms with Crippen LogP contribution in [0.25, 0.3) is 0 Å². The van der Waals surface area contributed by atoms with E-state index in [9.17, 15) is 0 Å². The van der Waals surface area contributed by atoms with E-state index >= 15 is 0 Å². The van der Waals surface area contributed by atoms with Crippen LogP contribution in [-0.4, -0.2) is 38.5 Å². The highest BCUT2D eigenvalue weighted by Crippen LogP contribution is 2.15. The lowest BCUT2D eigenvalue weighted by Gasteiger charge is -2.18. The molecular weight excluding hydrogens is 283 g/mol. The molecule has 0 unspecified atom stereocenters. The molecule has 6 heteroatoms. The van der Waals surface area contributed by atoms with Gasteiger partial charge >= 0.3 is 7.32 Å². The number of benzene rings is 1. The molecule has 0 aliphatic heterocycles. The van der Waals surface area contributed by atoms with Gasteiger partial charge in [0.25, 0.3) is 0 Å². The predicted molar refractivity (Wildman–Crippen MR) is 93.0 cm³/mol. The van der Waals surface area contributed by atoms with Crippen molar-refractivity contribution < 1.29 is 15.1 Å². The molecule has 3 N–H and O–H groups in total. The summed E-state index contributed by atoms with van der Waals surface area (Å²) < 4.78 is 0. The summed E-state index contributed by atoms with van der Waals surface area (Å²) in [6.07, 6.45) is 0. The average Bonchev–Trinajstić information content (AvgIpc) is 2.15. The van der Waals surface area contributed by atoms with Crippen LogP contribution in [0.15, 0.2) is 24.3 Å². The Kier molecular flexibility index (Phi) is 7.98. The topological polar surface area (TPSA) is 60.7 Å². The van der Waals surface area contributed by atoms with E-state index in [1.807, 2.05) is 0 Å². The molecule has 1 aromatic rings. The first-order valence-electron chi connectivity index (χ1n) is 7.01. The first kappa shape index (κ1) is 19.6. The fraction of sp³-hybridized carbons (Fsp3) is 0.571. The second-order valence-corrected chi connectivity index (χ2v) is 18.6. The molecule has 0 spiro atoms. The van der Waals surface area contributed by atoms with Gasteiger partial charge in [0.15, 0.2) is 0 Å². The third-order valence-electron chi connectivity index (χ3n) is 2.49.